The molecule has 1 heterocycles. The monoisotopic (exact) mass is 219 g/mol. The second-order valence-corrected chi connectivity index (χ2v) is 3.84. The zero-order valence-corrected chi connectivity index (χ0v) is 9.20. The number of halogens is 1. The second kappa shape index (κ2) is 4.88. The van der Waals surface area contributed by atoms with Crippen molar-refractivity contribution >= 4 is 5.82 Å². The third-order valence-electron chi connectivity index (χ3n) is 2.49. The van der Waals surface area contributed by atoms with E-state index in [1.165, 1.54) is 18.0 Å². The molecular weight excluding hydrogens is 205 g/mol. The Bertz CT molecular complexity index is 438. The van der Waals surface area contributed by atoms with Gasteiger partial charge in [-0.25, -0.2) is 14.4 Å². The molecule has 1 N–H and O–H groups in total. The predicted octanol–water partition coefficient (Wildman–Crippen LogP) is 2.77. The summed E-state index contributed by atoms with van der Waals surface area (Å²) in [5.41, 5.74) is 2.12. The number of anilines is 1. The van der Waals surface area contributed by atoms with E-state index < -0.39 is 0 Å². The Hall–Kier alpha value is -1.71. The quantitative estimate of drug-likeness (QED) is 0.849. The molecule has 1 aliphatic rings. The number of aryl methyl sites for hydroxylation is 1. The van der Waals surface area contributed by atoms with Gasteiger partial charge in [0.25, 0.3) is 0 Å². The third-order valence-corrected chi connectivity index (χ3v) is 2.49. The summed E-state index contributed by atoms with van der Waals surface area (Å²) >= 11 is 0. The van der Waals surface area contributed by atoms with Gasteiger partial charge >= 0.3 is 0 Å². The normalized spacial score (nSPS) is 15.4. The van der Waals surface area contributed by atoms with Crippen molar-refractivity contribution in [1.82, 2.24) is 9.97 Å². The first-order chi connectivity index (χ1) is 7.74. The van der Waals surface area contributed by atoms with Crippen LogP contribution >= 0.6 is 0 Å². The number of nitrogens with zero attached hydrogens (tertiary/aromatic N) is 2. The van der Waals surface area contributed by atoms with Crippen LogP contribution < -0.4 is 5.32 Å². The Morgan fingerprint density at radius 2 is 2.19 bits per heavy atom. The van der Waals surface area contributed by atoms with Crippen LogP contribution in [0.25, 0.3) is 0 Å². The summed E-state index contributed by atoms with van der Waals surface area (Å²) in [4.78, 5) is 8.12. The van der Waals surface area contributed by atoms with E-state index in [0.717, 1.165) is 17.9 Å². The summed E-state index contributed by atoms with van der Waals surface area (Å²) in [6.45, 7) is 2.63. The van der Waals surface area contributed by atoms with Crippen molar-refractivity contribution in [2.75, 3.05) is 11.9 Å². The molecule has 0 aromatic carbocycles. The topological polar surface area (TPSA) is 37.8 Å². The Morgan fingerprint density at radius 1 is 1.31 bits per heavy atom. The molecule has 4 heteroatoms. The first-order valence-corrected chi connectivity index (χ1v) is 5.30. The van der Waals surface area contributed by atoms with Crippen LogP contribution in [0.2, 0.25) is 0 Å². The molecule has 0 unspecified atom stereocenters. The Kier molecular flexibility index (Phi) is 3.29. The molecule has 0 bridgehead atoms. The lowest BCUT2D eigenvalue weighted by molar-refractivity contribution is 0.581. The maximum Gasteiger partial charge on any atom is 0.129 e. The van der Waals surface area contributed by atoms with Crippen LogP contribution in [0.1, 0.15) is 18.5 Å². The number of hydrogen-bond donors (Lipinski definition) is 1. The molecule has 0 aliphatic heterocycles. The Morgan fingerprint density at radius 3 is 2.88 bits per heavy atom. The van der Waals surface area contributed by atoms with E-state index in [1.54, 1.807) is 0 Å². The Labute approximate surface area is 94.1 Å². The standard InChI is InChI=1S/C12H14FN3/c1-9-6-12(16-8-15-9)14-7-10-2-4-11(13)5-3-10/h2,4,6,8H,3,5,7H2,1H3,(H,14,15,16). The summed E-state index contributed by atoms with van der Waals surface area (Å²) in [7, 11) is 0. The fourth-order valence-corrected chi connectivity index (χ4v) is 1.56. The molecule has 0 spiro atoms. The van der Waals surface area contributed by atoms with Gasteiger partial charge in [0, 0.05) is 24.7 Å². The van der Waals surface area contributed by atoms with E-state index in [1.807, 2.05) is 19.1 Å². The van der Waals surface area contributed by atoms with Gasteiger partial charge < -0.3 is 5.32 Å². The Balaban J connectivity index is 1.93. The van der Waals surface area contributed by atoms with Gasteiger partial charge in [0.2, 0.25) is 0 Å². The van der Waals surface area contributed by atoms with Crippen LogP contribution in [0.5, 0.6) is 0 Å². The minimum atomic E-state index is -0.0402. The summed E-state index contributed by atoms with van der Waals surface area (Å²) in [5.74, 6) is 0.769. The minimum Gasteiger partial charge on any atom is -0.366 e. The van der Waals surface area contributed by atoms with Crippen molar-refractivity contribution in [3.8, 4) is 0 Å². The fourth-order valence-electron chi connectivity index (χ4n) is 1.56. The van der Waals surface area contributed by atoms with Crippen LogP contribution in [0.4, 0.5) is 10.2 Å². The maximum atomic E-state index is 12.7. The van der Waals surface area contributed by atoms with Gasteiger partial charge in [-0.15, -0.1) is 0 Å². The zero-order chi connectivity index (χ0) is 11.4. The molecule has 0 atom stereocenters. The molecule has 0 saturated carbocycles. The van der Waals surface area contributed by atoms with E-state index in [0.29, 0.717) is 13.0 Å². The fraction of sp³-hybridized carbons (Fsp3) is 0.333. The van der Waals surface area contributed by atoms with Crippen molar-refractivity contribution in [1.29, 1.82) is 0 Å². The van der Waals surface area contributed by atoms with Crippen molar-refractivity contribution in [2.45, 2.75) is 19.8 Å². The molecule has 1 aromatic rings. The number of nitrogens with one attached hydrogen (secondary N) is 1. The van der Waals surface area contributed by atoms with Crippen LogP contribution in [-0.2, 0) is 0 Å². The molecule has 0 amide bonds. The lowest BCUT2D eigenvalue weighted by Gasteiger charge is -2.11. The highest BCUT2D eigenvalue weighted by atomic mass is 19.1. The summed E-state index contributed by atoms with van der Waals surface area (Å²) in [5, 5.41) is 3.20. The molecule has 3 nitrogen and oxygen atoms in total. The average molecular weight is 219 g/mol. The molecule has 2 rings (SSSR count). The van der Waals surface area contributed by atoms with Gasteiger partial charge in [0.15, 0.2) is 0 Å². The first-order valence-electron chi connectivity index (χ1n) is 5.30. The molecular formula is C12H14FN3. The van der Waals surface area contributed by atoms with E-state index in [-0.39, 0.29) is 5.83 Å². The van der Waals surface area contributed by atoms with Crippen molar-refractivity contribution in [3.05, 3.63) is 41.6 Å². The average Bonchev–Trinajstić information content (AvgIpc) is 2.28. The molecule has 0 fully saturated rings. The number of hydrogen-bond acceptors (Lipinski definition) is 3. The van der Waals surface area contributed by atoms with Crippen LogP contribution in [0, 0.1) is 6.92 Å². The molecule has 16 heavy (non-hydrogen) atoms. The van der Waals surface area contributed by atoms with Crippen LogP contribution in [0.3, 0.4) is 0 Å². The lowest BCUT2D eigenvalue weighted by atomic mass is 10.0. The van der Waals surface area contributed by atoms with Crippen LogP contribution in [-0.4, -0.2) is 16.5 Å². The number of allylic oxidation sites excluding steroid dienone is 3. The van der Waals surface area contributed by atoms with Gasteiger partial charge in [-0.3, -0.25) is 0 Å². The van der Waals surface area contributed by atoms with Crippen LogP contribution in [0.15, 0.2) is 35.9 Å². The molecule has 84 valence electrons. The van der Waals surface area contributed by atoms with Gasteiger partial charge in [-0.1, -0.05) is 11.6 Å². The molecule has 0 radical (unpaired) electrons. The maximum absolute atomic E-state index is 12.7. The molecule has 0 saturated heterocycles. The lowest BCUT2D eigenvalue weighted by Crippen LogP contribution is -2.08. The predicted molar refractivity (Wildman–Crippen MR) is 61.8 cm³/mol. The van der Waals surface area contributed by atoms with Crippen molar-refractivity contribution < 1.29 is 4.39 Å². The number of rotatable bonds is 3. The molecule has 1 aliphatic carbocycles. The van der Waals surface area contributed by atoms with E-state index in [9.17, 15) is 4.39 Å². The third kappa shape index (κ3) is 2.89. The van der Waals surface area contributed by atoms with E-state index in [2.05, 4.69) is 15.3 Å². The number of aromatic nitrogens is 2. The van der Waals surface area contributed by atoms with Gasteiger partial charge in [0.1, 0.15) is 18.0 Å². The van der Waals surface area contributed by atoms with Crippen molar-refractivity contribution in [2.24, 2.45) is 0 Å². The van der Waals surface area contributed by atoms with E-state index >= 15 is 0 Å². The van der Waals surface area contributed by atoms with Gasteiger partial charge in [0.05, 0.1) is 0 Å². The zero-order valence-electron chi connectivity index (χ0n) is 9.20. The summed E-state index contributed by atoms with van der Waals surface area (Å²) in [6.07, 6.45) is 6.19. The first kappa shape index (κ1) is 10.8. The van der Waals surface area contributed by atoms with Gasteiger partial charge in [-0.05, 0) is 19.4 Å². The summed E-state index contributed by atoms with van der Waals surface area (Å²) < 4.78 is 12.7. The smallest absolute Gasteiger partial charge is 0.129 e. The highest BCUT2D eigenvalue weighted by molar-refractivity contribution is 5.37. The summed E-state index contributed by atoms with van der Waals surface area (Å²) in [6, 6.07) is 1.89. The highest BCUT2D eigenvalue weighted by Crippen LogP contribution is 2.19. The SMILES string of the molecule is Cc1cc(NCC2=CC=C(F)CC2)ncn1. The second-order valence-electron chi connectivity index (χ2n) is 3.84. The highest BCUT2D eigenvalue weighted by Gasteiger charge is 2.05. The largest absolute Gasteiger partial charge is 0.366 e. The van der Waals surface area contributed by atoms with Crippen molar-refractivity contribution in [3.63, 3.8) is 0 Å². The van der Waals surface area contributed by atoms with Gasteiger partial charge in [-0.2, -0.15) is 0 Å². The minimum absolute atomic E-state index is 0.0402. The molecule has 1 aromatic heterocycles. The van der Waals surface area contributed by atoms with E-state index in [4.69, 9.17) is 0 Å².